The zero-order chi connectivity index (χ0) is 12.3. The smallest absolute Gasteiger partial charge is 0.260 e. The molecular weight excluding hydrogens is 218 g/mol. The van der Waals surface area contributed by atoms with Gasteiger partial charge in [-0.2, -0.15) is 5.10 Å². The summed E-state index contributed by atoms with van der Waals surface area (Å²) in [6.45, 7) is 4.09. The molecule has 2 rings (SSSR count). The van der Waals surface area contributed by atoms with Gasteiger partial charge in [0.15, 0.2) is 5.82 Å². The molecule has 2 aromatic rings. The Bertz CT molecular complexity index is 506. The number of H-pyrrole nitrogens is 1. The van der Waals surface area contributed by atoms with Crippen LogP contribution in [0.4, 0.5) is 5.82 Å². The van der Waals surface area contributed by atoms with Gasteiger partial charge in [-0.15, -0.1) is 0 Å². The molecule has 0 aliphatic carbocycles. The van der Waals surface area contributed by atoms with Gasteiger partial charge in [-0.1, -0.05) is 13.8 Å². The number of hydrogen-bond acceptors (Lipinski definition) is 4. The maximum absolute atomic E-state index is 11.7. The van der Waals surface area contributed by atoms with Crippen LogP contribution in [0.1, 0.15) is 35.8 Å². The van der Waals surface area contributed by atoms with E-state index in [4.69, 9.17) is 0 Å². The fourth-order valence-electron chi connectivity index (χ4n) is 1.30. The van der Waals surface area contributed by atoms with Crippen LogP contribution in [0.2, 0.25) is 0 Å². The van der Waals surface area contributed by atoms with Gasteiger partial charge in [-0.25, -0.2) is 9.97 Å². The third-order valence-electron chi connectivity index (χ3n) is 2.28. The highest BCUT2D eigenvalue weighted by atomic mass is 16.1. The Labute approximate surface area is 98.5 Å². The first-order valence-corrected chi connectivity index (χ1v) is 5.28. The number of carbonyl (C=O) groups is 1. The van der Waals surface area contributed by atoms with E-state index in [0.717, 1.165) is 5.69 Å². The molecule has 6 nitrogen and oxygen atoms in total. The molecule has 0 radical (unpaired) electrons. The number of nitrogens with one attached hydrogen (secondary N) is 2. The van der Waals surface area contributed by atoms with Gasteiger partial charge in [0.25, 0.3) is 5.91 Å². The average Bonchev–Trinajstić information content (AvgIpc) is 2.79. The van der Waals surface area contributed by atoms with Crippen LogP contribution in [0, 0.1) is 0 Å². The number of aromatic amines is 1. The van der Waals surface area contributed by atoms with E-state index in [-0.39, 0.29) is 5.91 Å². The van der Waals surface area contributed by atoms with Crippen molar-refractivity contribution in [3.05, 3.63) is 36.0 Å². The van der Waals surface area contributed by atoms with Gasteiger partial charge in [0, 0.05) is 24.2 Å². The summed E-state index contributed by atoms with van der Waals surface area (Å²) in [6.07, 6.45) is 4.29. The number of anilines is 1. The van der Waals surface area contributed by atoms with Gasteiger partial charge < -0.3 is 5.32 Å². The lowest BCUT2D eigenvalue weighted by molar-refractivity contribution is 0.102. The monoisotopic (exact) mass is 231 g/mol. The van der Waals surface area contributed by atoms with E-state index >= 15 is 0 Å². The Morgan fingerprint density at radius 1 is 1.35 bits per heavy atom. The van der Waals surface area contributed by atoms with Crippen molar-refractivity contribution < 1.29 is 4.79 Å². The Morgan fingerprint density at radius 2 is 2.06 bits per heavy atom. The largest absolute Gasteiger partial charge is 0.305 e. The van der Waals surface area contributed by atoms with E-state index in [1.165, 1.54) is 18.7 Å². The van der Waals surface area contributed by atoms with Crippen LogP contribution in [0.15, 0.2) is 24.8 Å². The lowest BCUT2D eigenvalue weighted by Gasteiger charge is -2.00. The topological polar surface area (TPSA) is 83.6 Å². The first kappa shape index (κ1) is 11.3. The van der Waals surface area contributed by atoms with Crippen LogP contribution in [-0.2, 0) is 0 Å². The molecule has 0 saturated carbocycles. The lowest BCUT2D eigenvalue weighted by atomic mass is 10.1. The molecule has 0 bridgehead atoms. The summed E-state index contributed by atoms with van der Waals surface area (Å²) in [5.41, 5.74) is 1.38. The molecule has 0 aliphatic heterocycles. The van der Waals surface area contributed by atoms with Crippen molar-refractivity contribution in [2.45, 2.75) is 19.8 Å². The van der Waals surface area contributed by atoms with Gasteiger partial charge in [0.05, 0.1) is 5.56 Å². The highest BCUT2D eigenvalue weighted by Gasteiger charge is 2.09. The molecule has 1 amide bonds. The van der Waals surface area contributed by atoms with Gasteiger partial charge in [0.2, 0.25) is 0 Å². The number of amides is 1. The van der Waals surface area contributed by atoms with Crippen LogP contribution in [-0.4, -0.2) is 26.1 Å². The number of nitrogens with zero attached hydrogens (tertiary/aromatic N) is 3. The summed E-state index contributed by atoms with van der Waals surface area (Å²) in [6, 6.07) is 1.81. The maximum Gasteiger partial charge on any atom is 0.260 e. The summed E-state index contributed by atoms with van der Waals surface area (Å²) >= 11 is 0. The Kier molecular flexibility index (Phi) is 3.13. The minimum atomic E-state index is -0.271. The summed E-state index contributed by atoms with van der Waals surface area (Å²) < 4.78 is 0. The number of aromatic nitrogens is 4. The molecule has 0 aliphatic rings. The molecule has 0 saturated heterocycles. The second kappa shape index (κ2) is 4.73. The lowest BCUT2D eigenvalue weighted by Crippen LogP contribution is -2.12. The van der Waals surface area contributed by atoms with Crippen molar-refractivity contribution in [1.82, 2.24) is 20.2 Å². The van der Waals surface area contributed by atoms with Crippen molar-refractivity contribution in [3.63, 3.8) is 0 Å². The fraction of sp³-hybridized carbons (Fsp3) is 0.273. The van der Waals surface area contributed by atoms with Crippen LogP contribution in [0.25, 0.3) is 0 Å². The Hall–Kier alpha value is -2.24. The average molecular weight is 231 g/mol. The molecule has 88 valence electrons. The normalized spacial score (nSPS) is 10.5. The first-order valence-electron chi connectivity index (χ1n) is 5.28. The minimum Gasteiger partial charge on any atom is -0.305 e. The number of carbonyl (C=O) groups excluding carboxylic acids is 1. The number of hydrogen-bond donors (Lipinski definition) is 2. The van der Waals surface area contributed by atoms with Crippen LogP contribution in [0.3, 0.4) is 0 Å². The molecule has 0 atom stereocenters. The molecule has 2 N–H and O–H groups in total. The van der Waals surface area contributed by atoms with Crippen LogP contribution in [0.5, 0.6) is 0 Å². The summed E-state index contributed by atoms with van der Waals surface area (Å²) in [4.78, 5) is 19.3. The van der Waals surface area contributed by atoms with Crippen LogP contribution >= 0.6 is 0 Å². The molecule has 2 heterocycles. The second-order valence-corrected chi connectivity index (χ2v) is 3.94. The second-order valence-electron chi connectivity index (χ2n) is 3.94. The molecule has 0 unspecified atom stereocenters. The predicted octanol–water partition coefficient (Wildman–Crippen LogP) is 1.58. The van der Waals surface area contributed by atoms with E-state index < -0.39 is 0 Å². The van der Waals surface area contributed by atoms with Crippen molar-refractivity contribution in [1.29, 1.82) is 0 Å². The third-order valence-corrected chi connectivity index (χ3v) is 2.28. The van der Waals surface area contributed by atoms with Gasteiger partial charge in [-0.3, -0.25) is 9.89 Å². The van der Waals surface area contributed by atoms with Crippen LogP contribution < -0.4 is 5.32 Å². The SMILES string of the molecule is CC(C)c1cc(NC(=O)c2cncnc2)n[nH]1. The minimum absolute atomic E-state index is 0.271. The molecule has 2 aromatic heterocycles. The quantitative estimate of drug-likeness (QED) is 0.839. The molecular formula is C11H13N5O. The van der Waals surface area contributed by atoms with Gasteiger partial charge in [0.1, 0.15) is 6.33 Å². The predicted molar refractivity (Wildman–Crippen MR) is 62.7 cm³/mol. The van der Waals surface area contributed by atoms with E-state index in [1.807, 2.05) is 19.9 Å². The van der Waals surface area contributed by atoms with E-state index in [9.17, 15) is 4.79 Å². The number of rotatable bonds is 3. The summed E-state index contributed by atoms with van der Waals surface area (Å²) in [5, 5.41) is 9.54. The van der Waals surface area contributed by atoms with Gasteiger partial charge >= 0.3 is 0 Å². The highest BCUT2D eigenvalue weighted by molar-refractivity contribution is 6.03. The first-order chi connectivity index (χ1) is 8.16. The van der Waals surface area contributed by atoms with Gasteiger partial charge in [-0.05, 0) is 5.92 Å². The van der Waals surface area contributed by atoms with E-state index in [2.05, 4.69) is 25.5 Å². The van der Waals surface area contributed by atoms with Crippen molar-refractivity contribution in [2.24, 2.45) is 0 Å². The van der Waals surface area contributed by atoms with E-state index in [0.29, 0.717) is 17.3 Å². The van der Waals surface area contributed by atoms with Crippen molar-refractivity contribution >= 4 is 11.7 Å². The fourth-order valence-corrected chi connectivity index (χ4v) is 1.30. The highest BCUT2D eigenvalue weighted by Crippen LogP contribution is 2.15. The molecule has 17 heavy (non-hydrogen) atoms. The zero-order valence-electron chi connectivity index (χ0n) is 9.64. The third kappa shape index (κ3) is 2.66. The van der Waals surface area contributed by atoms with E-state index in [1.54, 1.807) is 0 Å². The zero-order valence-corrected chi connectivity index (χ0v) is 9.64. The Morgan fingerprint density at radius 3 is 2.65 bits per heavy atom. The maximum atomic E-state index is 11.7. The Balaban J connectivity index is 2.08. The molecule has 0 spiro atoms. The molecule has 0 fully saturated rings. The summed E-state index contributed by atoms with van der Waals surface area (Å²) in [5.74, 6) is 0.572. The standard InChI is InChI=1S/C11H13N5O/c1-7(2)9-3-10(16-15-9)14-11(17)8-4-12-6-13-5-8/h3-7H,1-2H3,(H2,14,15,16,17). The summed E-state index contributed by atoms with van der Waals surface area (Å²) in [7, 11) is 0. The van der Waals surface area contributed by atoms with Crippen molar-refractivity contribution in [3.8, 4) is 0 Å². The van der Waals surface area contributed by atoms with Crippen molar-refractivity contribution in [2.75, 3.05) is 5.32 Å². The molecule has 0 aromatic carbocycles. The molecule has 6 heteroatoms.